The van der Waals surface area contributed by atoms with Crippen LogP contribution in [0.2, 0.25) is 0 Å². The van der Waals surface area contributed by atoms with Gasteiger partial charge in [0.15, 0.2) is 5.82 Å². The number of hydrogen-bond acceptors (Lipinski definition) is 8. The van der Waals surface area contributed by atoms with Crippen molar-refractivity contribution < 1.29 is 4.74 Å². The van der Waals surface area contributed by atoms with Crippen LogP contribution in [0.4, 0.5) is 0 Å². The SMILES string of the molecule is C#CCOc1ccc(-c2nn3c(CSC4=NCCS4)nnc3s2)cc1. The lowest BCUT2D eigenvalue weighted by Crippen LogP contribution is -1.95. The summed E-state index contributed by atoms with van der Waals surface area (Å²) in [5, 5.41) is 14.0. The fraction of sp³-hybridized carbons (Fsp3) is 0.250. The van der Waals surface area contributed by atoms with Crippen molar-refractivity contribution >= 4 is 44.2 Å². The van der Waals surface area contributed by atoms with Gasteiger partial charge >= 0.3 is 0 Å². The van der Waals surface area contributed by atoms with Crippen molar-refractivity contribution in [3.05, 3.63) is 30.1 Å². The van der Waals surface area contributed by atoms with Gasteiger partial charge in [0, 0.05) is 11.3 Å². The molecule has 1 aliphatic heterocycles. The molecule has 2 aromatic heterocycles. The van der Waals surface area contributed by atoms with Crippen molar-refractivity contribution in [2.24, 2.45) is 4.99 Å². The van der Waals surface area contributed by atoms with Crippen LogP contribution in [0.15, 0.2) is 29.3 Å². The second kappa shape index (κ2) is 7.47. The number of ether oxygens (including phenoxy) is 1. The highest BCUT2D eigenvalue weighted by atomic mass is 32.2. The van der Waals surface area contributed by atoms with Gasteiger partial charge in [-0.1, -0.05) is 40.8 Å². The summed E-state index contributed by atoms with van der Waals surface area (Å²) in [7, 11) is 0. The fourth-order valence-corrected chi connectivity index (χ4v) is 4.99. The lowest BCUT2D eigenvalue weighted by molar-refractivity contribution is 0.370. The minimum atomic E-state index is 0.265. The molecule has 1 aromatic carbocycles. The quantitative estimate of drug-likeness (QED) is 0.627. The number of nitrogens with zero attached hydrogens (tertiary/aromatic N) is 5. The van der Waals surface area contributed by atoms with Gasteiger partial charge < -0.3 is 4.74 Å². The molecule has 1 aliphatic rings. The smallest absolute Gasteiger partial charge is 0.235 e. The maximum Gasteiger partial charge on any atom is 0.235 e. The second-order valence-corrected chi connectivity index (χ2v) is 8.28. The molecule has 0 radical (unpaired) electrons. The molecule has 4 rings (SSSR count). The van der Waals surface area contributed by atoms with Crippen molar-refractivity contribution in [1.29, 1.82) is 0 Å². The van der Waals surface area contributed by atoms with Gasteiger partial charge in [0.05, 0.1) is 12.3 Å². The first-order valence-electron chi connectivity index (χ1n) is 7.51. The Balaban J connectivity index is 1.52. The lowest BCUT2D eigenvalue weighted by Gasteiger charge is -2.02. The summed E-state index contributed by atoms with van der Waals surface area (Å²) in [5.41, 5.74) is 1.01. The van der Waals surface area contributed by atoms with Gasteiger partial charge in [-0.15, -0.1) is 16.6 Å². The molecule has 0 unspecified atom stereocenters. The van der Waals surface area contributed by atoms with Crippen LogP contribution in [0.3, 0.4) is 0 Å². The van der Waals surface area contributed by atoms with Crippen LogP contribution >= 0.6 is 34.9 Å². The van der Waals surface area contributed by atoms with E-state index >= 15 is 0 Å². The van der Waals surface area contributed by atoms with E-state index < -0.39 is 0 Å². The summed E-state index contributed by atoms with van der Waals surface area (Å²) in [6, 6.07) is 7.72. The van der Waals surface area contributed by atoms with Crippen LogP contribution in [-0.2, 0) is 5.75 Å². The maximum atomic E-state index is 5.39. The number of terminal acetylenes is 1. The predicted octanol–water partition coefficient (Wildman–Crippen LogP) is 3.20. The van der Waals surface area contributed by atoms with Crippen molar-refractivity contribution in [3.63, 3.8) is 0 Å². The molecule has 0 saturated heterocycles. The largest absolute Gasteiger partial charge is 0.481 e. The Labute approximate surface area is 157 Å². The van der Waals surface area contributed by atoms with Gasteiger partial charge in [0.2, 0.25) is 4.96 Å². The molecule has 3 aromatic rings. The summed E-state index contributed by atoms with van der Waals surface area (Å²) >= 11 is 5.00. The highest BCUT2D eigenvalue weighted by Crippen LogP contribution is 2.29. The number of hydrogen-bond donors (Lipinski definition) is 0. The van der Waals surface area contributed by atoms with Gasteiger partial charge in [0.25, 0.3) is 0 Å². The maximum absolute atomic E-state index is 5.39. The average molecular weight is 388 g/mol. The zero-order valence-electron chi connectivity index (χ0n) is 13.1. The first-order chi connectivity index (χ1) is 12.3. The third-order valence-corrected chi connectivity index (χ3v) is 6.56. The minimum Gasteiger partial charge on any atom is -0.481 e. The molecule has 0 N–H and O–H groups in total. The highest BCUT2D eigenvalue weighted by Gasteiger charge is 2.15. The number of aliphatic imine (C=N–C) groups is 1. The number of fused-ring (bicyclic) bond motifs is 1. The third-order valence-electron chi connectivity index (χ3n) is 3.36. The van der Waals surface area contributed by atoms with E-state index in [4.69, 9.17) is 11.2 Å². The lowest BCUT2D eigenvalue weighted by atomic mass is 10.2. The van der Waals surface area contributed by atoms with E-state index in [0.29, 0.717) is 0 Å². The van der Waals surface area contributed by atoms with Crippen LogP contribution in [0.1, 0.15) is 5.82 Å². The zero-order valence-corrected chi connectivity index (χ0v) is 15.5. The summed E-state index contributed by atoms with van der Waals surface area (Å²) < 4.78 is 8.33. The van der Waals surface area contributed by atoms with Gasteiger partial charge in [-0.05, 0) is 24.3 Å². The van der Waals surface area contributed by atoms with E-state index in [1.165, 1.54) is 11.3 Å². The topological polar surface area (TPSA) is 64.7 Å². The first kappa shape index (κ1) is 16.4. The summed E-state index contributed by atoms with van der Waals surface area (Å²) in [6.07, 6.45) is 5.20. The molecule has 126 valence electrons. The standard InChI is InChI=1S/C16H13N5OS3/c1-2-8-22-12-5-3-11(4-6-12)14-20-21-13(18-19-15(21)25-14)10-24-16-17-7-9-23-16/h1,3-6H,7-10H2. The molecule has 25 heavy (non-hydrogen) atoms. The Kier molecular flexibility index (Phi) is 4.92. The van der Waals surface area contributed by atoms with Crippen LogP contribution in [0.25, 0.3) is 15.5 Å². The van der Waals surface area contributed by atoms with Crippen molar-refractivity contribution in [3.8, 4) is 28.7 Å². The Bertz CT molecular complexity index is 954. The van der Waals surface area contributed by atoms with Gasteiger partial charge in [-0.3, -0.25) is 4.99 Å². The van der Waals surface area contributed by atoms with Gasteiger partial charge in [-0.2, -0.15) is 9.61 Å². The van der Waals surface area contributed by atoms with Crippen molar-refractivity contribution in [1.82, 2.24) is 19.8 Å². The van der Waals surface area contributed by atoms with Crippen LogP contribution < -0.4 is 4.74 Å². The van der Waals surface area contributed by atoms with Crippen molar-refractivity contribution in [2.75, 3.05) is 18.9 Å². The normalized spacial score (nSPS) is 13.8. The molecule has 0 spiro atoms. The molecule has 0 atom stereocenters. The van der Waals surface area contributed by atoms with Gasteiger partial charge in [0.1, 0.15) is 21.7 Å². The molecule has 0 fully saturated rings. The van der Waals surface area contributed by atoms with E-state index in [2.05, 4.69) is 26.2 Å². The van der Waals surface area contributed by atoms with Crippen LogP contribution in [0.5, 0.6) is 5.75 Å². The summed E-state index contributed by atoms with van der Waals surface area (Å²) in [4.78, 5) is 5.23. The van der Waals surface area contributed by atoms with E-state index in [-0.39, 0.29) is 6.61 Å². The summed E-state index contributed by atoms with van der Waals surface area (Å²) in [6.45, 7) is 1.17. The van der Waals surface area contributed by atoms with E-state index in [1.807, 2.05) is 28.8 Å². The zero-order chi connectivity index (χ0) is 17.1. The first-order valence-corrected chi connectivity index (χ1v) is 10.3. The Morgan fingerprint density at radius 1 is 1.28 bits per heavy atom. The molecule has 9 heteroatoms. The monoisotopic (exact) mass is 387 g/mol. The van der Waals surface area contributed by atoms with E-state index in [0.717, 1.165) is 49.5 Å². The molecule has 3 heterocycles. The second-order valence-electron chi connectivity index (χ2n) is 5.02. The van der Waals surface area contributed by atoms with Crippen LogP contribution in [-0.4, -0.2) is 43.1 Å². The number of aromatic nitrogens is 4. The Hall–Kier alpha value is -2.02. The van der Waals surface area contributed by atoms with E-state index in [9.17, 15) is 0 Å². The molecule has 6 nitrogen and oxygen atoms in total. The van der Waals surface area contributed by atoms with Crippen molar-refractivity contribution in [2.45, 2.75) is 5.75 Å². The predicted molar refractivity (Wildman–Crippen MR) is 104 cm³/mol. The van der Waals surface area contributed by atoms with Gasteiger partial charge in [-0.25, -0.2) is 0 Å². The average Bonchev–Trinajstić information content (AvgIpc) is 3.36. The Morgan fingerprint density at radius 3 is 2.92 bits per heavy atom. The fourth-order valence-electron chi connectivity index (χ4n) is 2.21. The van der Waals surface area contributed by atoms with E-state index in [1.54, 1.807) is 23.5 Å². The molecule has 0 saturated carbocycles. The van der Waals surface area contributed by atoms with Crippen LogP contribution in [0, 0.1) is 12.3 Å². The summed E-state index contributed by atoms with van der Waals surface area (Å²) in [5.74, 6) is 5.82. The Morgan fingerprint density at radius 2 is 2.16 bits per heavy atom. The number of thioether (sulfide) groups is 2. The molecule has 0 amide bonds. The molecule has 0 bridgehead atoms. The third kappa shape index (κ3) is 3.66. The molecular weight excluding hydrogens is 374 g/mol. The highest BCUT2D eigenvalue weighted by molar-refractivity contribution is 8.38. The molecule has 0 aliphatic carbocycles. The minimum absolute atomic E-state index is 0.265. The number of benzene rings is 1. The number of rotatable bonds is 5. The molecular formula is C16H13N5OS3.